The molecule has 33 heavy (non-hydrogen) atoms. The summed E-state index contributed by atoms with van der Waals surface area (Å²) in [6.07, 6.45) is 2.72. The maximum atomic E-state index is 13.1. The molecule has 1 saturated heterocycles. The first-order valence-electron chi connectivity index (χ1n) is 11.7. The highest BCUT2D eigenvalue weighted by Gasteiger charge is 2.47. The van der Waals surface area contributed by atoms with Gasteiger partial charge in [-0.05, 0) is 48.8 Å². The molecule has 172 valence electrons. The number of nitrogens with one attached hydrogen (secondary N) is 1. The molecule has 1 saturated carbocycles. The fourth-order valence-corrected chi connectivity index (χ4v) is 5.09. The maximum absolute atomic E-state index is 13.1. The quantitative estimate of drug-likeness (QED) is 0.712. The van der Waals surface area contributed by atoms with Gasteiger partial charge in [0.1, 0.15) is 6.04 Å². The van der Waals surface area contributed by atoms with Crippen molar-refractivity contribution in [3.8, 4) is 0 Å². The van der Waals surface area contributed by atoms with Gasteiger partial charge in [0.05, 0.1) is 12.6 Å². The van der Waals surface area contributed by atoms with Crippen LogP contribution in [0.1, 0.15) is 59.3 Å². The van der Waals surface area contributed by atoms with E-state index in [0.717, 1.165) is 36.8 Å². The zero-order chi connectivity index (χ0) is 22.9. The second-order valence-corrected chi connectivity index (χ2v) is 9.22. The van der Waals surface area contributed by atoms with Gasteiger partial charge in [0.2, 0.25) is 11.8 Å². The van der Waals surface area contributed by atoms with Crippen LogP contribution in [0.2, 0.25) is 0 Å². The predicted molar refractivity (Wildman–Crippen MR) is 122 cm³/mol. The van der Waals surface area contributed by atoms with Crippen molar-refractivity contribution in [2.75, 3.05) is 19.6 Å². The summed E-state index contributed by atoms with van der Waals surface area (Å²) in [6.45, 7) is 1.03. The summed E-state index contributed by atoms with van der Waals surface area (Å²) in [4.78, 5) is 42.1. The number of aliphatic hydroxyl groups is 1. The van der Waals surface area contributed by atoms with Crippen LogP contribution in [0, 0.1) is 5.92 Å². The molecule has 1 aliphatic carbocycles. The van der Waals surface area contributed by atoms with Crippen molar-refractivity contribution in [2.24, 2.45) is 5.92 Å². The van der Waals surface area contributed by atoms with E-state index in [2.05, 4.69) is 5.32 Å². The Morgan fingerprint density at radius 3 is 2.33 bits per heavy atom. The molecular formula is C26H29N3O4. The number of benzene rings is 2. The van der Waals surface area contributed by atoms with Gasteiger partial charge in [0.15, 0.2) is 0 Å². The Morgan fingerprint density at radius 2 is 1.64 bits per heavy atom. The third kappa shape index (κ3) is 4.25. The first-order valence-corrected chi connectivity index (χ1v) is 11.7. The Kier molecular flexibility index (Phi) is 5.89. The molecule has 2 aliphatic heterocycles. The van der Waals surface area contributed by atoms with E-state index in [1.54, 1.807) is 15.9 Å². The molecule has 7 heteroatoms. The van der Waals surface area contributed by atoms with Crippen molar-refractivity contribution in [2.45, 2.75) is 43.9 Å². The third-order valence-electron chi connectivity index (χ3n) is 7.08. The van der Waals surface area contributed by atoms with Crippen LogP contribution in [0.4, 0.5) is 0 Å². The van der Waals surface area contributed by atoms with Crippen molar-refractivity contribution in [1.82, 2.24) is 15.1 Å². The molecule has 0 spiro atoms. The number of fused-ring (bicyclic) bond motifs is 1. The third-order valence-corrected chi connectivity index (χ3v) is 7.08. The molecule has 2 heterocycles. The molecule has 7 nitrogen and oxygen atoms in total. The van der Waals surface area contributed by atoms with Crippen LogP contribution in [0.5, 0.6) is 0 Å². The fourth-order valence-electron chi connectivity index (χ4n) is 5.09. The number of hydrogen-bond acceptors (Lipinski definition) is 4. The predicted octanol–water partition coefficient (Wildman–Crippen LogP) is 2.43. The summed E-state index contributed by atoms with van der Waals surface area (Å²) in [5.74, 6) is -0.424. The molecule has 2 atom stereocenters. The number of amides is 3. The minimum Gasteiger partial charge on any atom is -0.388 e. The summed E-state index contributed by atoms with van der Waals surface area (Å²) < 4.78 is 0. The fraction of sp³-hybridized carbons (Fsp3) is 0.423. The van der Waals surface area contributed by atoms with Crippen molar-refractivity contribution >= 4 is 17.7 Å². The lowest BCUT2D eigenvalue weighted by atomic mass is 9.87. The van der Waals surface area contributed by atoms with Crippen molar-refractivity contribution in [3.63, 3.8) is 0 Å². The highest BCUT2D eigenvalue weighted by molar-refractivity contribution is 6.05. The van der Waals surface area contributed by atoms with E-state index in [1.807, 2.05) is 48.5 Å². The first-order chi connectivity index (χ1) is 16.0. The second-order valence-electron chi connectivity index (χ2n) is 9.22. The Hall–Kier alpha value is -3.19. The number of hydrogen-bond donors (Lipinski definition) is 2. The Bertz CT molecular complexity index is 1040. The molecule has 2 N–H and O–H groups in total. The van der Waals surface area contributed by atoms with Gasteiger partial charge in [-0.2, -0.15) is 0 Å². The van der Waals surface area contributed by atoms with E-state index in [1.165, 1.54) is 0 Å². The zero-order valence-electron chi connectivity index (χ0n) is 18.5. The first kappa shape index (κ1) is 21.6. The molecule has 3 amide bonds. The van der Waals surface area contributed by atoms with E-state index in [4.69, 9.17) is 0 Å². The number of carbonyl (C=O) groups excluding carboxylic acids is 3. The van der Waals surface area contributed by atoms with Gasteiger partial charge >= 0.3 is 0 Å². The standard InChI is InChI=1S/C26H29N3O4/c30-22(28-14-12-18(13-15-28)24(31)17-6-2-1-3-7-17)16-27-25(32)23-20-8-4-5-9-21(20)26(33)29(23)19-10-11-19/h1-9,18-19,23-24,31H,10-16H2,(H,27,32). The largest absolute Gasteiger partial charge is 0.388 e. The van der Waals surface area contributed by atoms with Crippen LogP contribution in [0.3, 0.4) is 0 Å². The number of aliphatic hydroxyl groups excluding tert-OH is 1. The highest BCUT2D eigenvalue weighted by atomic mass is 16.3. The smallest absolute Gasteiger partial charge is 0.255 e. The van der Waals surface area contributed by atoms with E-state index in [9.17, 15) is 19.5 Å². The molecule has 2 fully saturated rings. The SMILES string of the molecule is O=C(NCC(=O)N1CCC(C(O)c2ccccc2)CC1)C1c2ccccc2C(=O)N1C1CC1. The molecule has 5 rings (SSSR count). The van der Waals surface area contributed by atoms with Gasteiger partial charge in [0.25, 0.3) is 5.91 Å². The molecule has 2 aromatic carbocycles. The van der Waals surface area contributed by atoms with Crippen LogP contribution < -0.4 is 5.32 Å². The van der Waals surface area contributed by atoms with Crippen LogP contribution in [0.15, 0.2) is 54.6 Å². The second kappa shape index (κ2) is 8.98. The van der Waals surface area contributed by atoms with Gasteiger partial charge < -0.3 is 20.2 Å². The monoisotopic (exact) mass is 447 g/mol. The van der Waals surface area contributed by atoms with Gasteiger partial charge in [-0.3, -0.25) is 14.4 Å². The van der Waals surface area contributed by atoms with Crippen LogP contribution in [-0.2, 0) is 9.59 Å². The van der Waals surface area contributed by atoms with Crippen LogP contribution >= 0.6 is 0 Å². The van der Waals surface area contributed by atoms with Crippen LogP contribution in [0.25, 0.3) is 0 Å². The topological polar surface area (TPSA) is 90.0 Å². The van der Waals surface area contributed by atoms with Gasteiger partial charge in [0, 0.05) is 24.7 Å². The Labute approximate surface area is 193 Å². The van der Waals surface area contributed by atoms with E-state index in [-0.39, 0.29) is 36.2 Å². The Morgan fingerprint density at radius 1 is 0.970 bits per heavy atom. The summed E-state index contributed by atoms with van der Waals surface area (Å²) in [5.41, 5.74) is 2.20. The number of piperidine rings is 1. The van der Waals surface area contributed by atoms with Crippen molar-refractivity contribution in [1.29, 1.82) is 0 Å². The lowest BCUT2D eigenvalue weighted by Crippen LogP contribution is -2.47. The average Bonchev–Trinajstić information content (AvgIpc) is 3.66. The molecule has 2 aromatic rings. The summed E-state index contributed by atoms with van der Waals surface area (Å²) in [7, 11) is 0. The lowest BCUT2D eigenvalue weighted by Gasteiger charge is -2.34. The minimum absolute atomic E-state index is 0.0872. The van der Waals surface area contributed by atoms with Crippen LogP contribution in [-0.4, -0.2) is 58.3 Å². The van der Waals surface area contributed by atoms with Crippen molar-refractivity contribution in [3.05, 3.63) is 71.3 Å². The average molecular weight is 448 g/mol. The normalized spacial score (nSPS) is 21.6. The number of nitrogens with zero attached hydrogens (tertiary/aromatic N) is 2. The molecule has 0 bridgehead atoms. The van der Waals surface area contributed by atoms with E-state index < -0.39 is 12.1 Å². The zero-order valence-corrected chi connectivity index (χ0v) is 18.5. The molecule has 0 aromatic heterocycles. The summed E-state index contributed by atoms with van der Waals surface area (Å²) in [6, 6.07) is 16.3. The number of rotatable bonds is 6. The van der Waals surface area contributed by atoms with E-state index in [0.29, 0.717) is 18.7 Å². The maximum Gasteiger partial charge on any atom is 0.255 e. The number of carbonyl (C=O) groups is 3. The molecular weight excluding hydrogens is 418 g/mol. The summed E-state index contributed by atoms with van der Waals surface area (Å²) >= 11 is 0. The van der Waals surface area contributed by atoms with Gasteiger partial charge in [-0.15, -0.1) is 0 Å². The molecule has 0 radical (unpaired) electrons. The minimum atomic E-state index is -0.666. The molecule has 3 aliphatic rings. The van der Waals surface area contributed by atoms with Crippen molar-refractivity contribution < 1.29 is 19.5 Å². The number of likely N-dealkylation sites (tertiary alicyclic amines) is 1. The molecule has 2 unspecified atom stereocenters. The van der Waals surface area contributed by atoms with Gasteiger partial charge in [-0.1, -0.05) is 48.5 Å². The summed E-state index contributed by atoms with van der Waals surface area (Å²) in [5, 5.41) is 13.4. The highest BCUT2D eigenvalue weighted by Crippen LogP contribution is 2.41. The van der Waals surface area contributed by atoms with E-state index >= 15 is 0 Å². The van der Waals surface area contributed by atoms with Gasteiger partial charge in [-0.25, -0.2) is 0 Å². The lowest BCUT2D eigenvalue weighted by molar-refractivity contribution is -0.135. The Balaban J connectivity index is 1.16.